The summed E-state index contributed by atoms with van der Waals surface area (Å²) in [7, 11) is 0. The molecule has 0 atom stereocenters. The largest absolute Gasteiger partial charge is 0.501 e. The summed E-state index contributed by atoms with van der Waals surface area (Å²) in [5.41, 5.74) is -0.258. The maximum Gasteiger partial charge on any atom is 0.342 e. The number of carbonyl (C=O) groups is 1. The van der Waals surface area contributed by atoms with Gasteiger partial charge in [-0.25, -0.2) is 4.79 Å². The number of nitrogens with zero attached hydrogens (tertiary/aromatic N) is 3. The fourth-order valence-electron chi connectivity index (χ4n) is 1.53. The molecule has 120 valence electrons. The van der Waals surface area contributed by atoms with Gasteiger partial charge < -0.3 is 14.6 Å². The number of nitro benzene ring substituents is 1. The number of hydrogen-bond acceptors (Lipinski definition) is 8. The van der Waals surface area contributed by atoms with Crippen LogP contribution < -0.4 is 0 Å². The predicted molar refractivity (Wildman–Crippen MR) is 88.0 cm³/mol. The van der Waals surface area contributed by atoms with Crippen molar-refractivity contribution >= 4 is 52.1 Å². The molecule has 2 N–H and O–H groups in total. The smallest absolute Gasteiger partial charge is 0.342 e. The lowest BCUT2D eigenvalue weighted by molar-refractivity contribution is -0.386. The molecule has 0 aliphatic heterocycles. The first kappa shape index (κ1) is 17.2. The fourth-order valence-corrected chi connectivity index (χ4v) is 2.88. The van der Waals surface area contributed by atoms with Gasteiger partial charge in [-0.2, -0.15) is 0 Å². The Labute approximate surface area is 146 Å². The Morgan fingerprint density at radius 2 is 2.17 bits per heavy atom. The second-order valence-electron chi connectivity index (χ2n) is 4.13. The molecule has 11 heteroatoms. The molecular formula is C12H8IN3O6S. The van der Waals surface area contributed by atoms with Crippen molar-refractivity contribution < 1.29 is 24.3 Å². The van der Waals surface area contributed by atoms with Crippen molar-refractivity contribution in [1.82, 2.24) is 10.2 Å². The van der Waals surface area contributed by atoms with Crippen molar-refractivity contribution in [2.75, 3.05) is 0 Å². The van der Waals surface area contributed by atoms with E-state index in [0.29, 0.717) is 0 Å². The normalized spacial score (nSPS) is 11.5. The van der Waals surface area contributed by atoms with Crippen molar-refractivity contribution in [3.8, 4) is 5.75 Å². The molecule has 23 heavy (non-hydrogen) atoms. The van der Waals surface area contributed by atoms with Gasteiger partial charge in [-0.1, -0.05) is 0 Å². The lowest BCUT2D eigenvalue weighted by atomic mass is 10.1. The van der Waals surface area contributed by atoms with Crippen LogP contribution in [0.2, 0.25) is 0 Å². The van der Waals surface area contributed by atoms with Crippen LogP contribution in [0.3, 0.4) is 0 Å². The highest BCUT2D eigenvalue weighted by molar-refractivity contribution is 14.1. The zero-order chi connectivity index (χ0) is 17.1. The van der Waals surface area contributed by atoms with Gasteiger partial charge in [0.05, 0.1) is 8.49 Å². The van der Waals surface area contributed by atoms with Gasteiger partial charge in [-0.3, -0.25) is 10.1 Å². The van der Waals surface area contributed by atoms with Crippen molar-refractivity contribution in [3.63, 3.8) is 0 Å². The zero-order valence-corrected chi connectivity index (χ0v) is 14.4. The van der Waals surface area contributed by atoms with Gasteiger partial charge in [0, 0.05) is 13.0 Å². The number of benzene rings is 1. The molecule has 1 aromatic carbocycles. The number of halogens is 1. The molecule has 0 saturated heterocycles. The van der Waals surface area contributed by atoms with Crippen molar-refractivity contribution in [2.24, 2.45) is 0 Å². The topological polar surface area (TPSA) is 140 Å². The maximum absolute atomic E-state index is 11.3. The summed E-state index contributed by atoms with van der Waals surface area (Å²) in [5.74, 6) is -1.44. The lowest BCUT2D eigenvalue weighted by Crippen LogP contribution is -1.97. The van der Waals surface area contributed by atoms with E-state index in [1.807, 2.05) is 0 Å². The Morgan fingerprint density at radius 1 is 1.48 bits per heavy atom. The SMILES string of the molecule is Cc1nnc(S/C(=C\c2cc(I)c(O)c([N+](=O)[O-])c2)C(=O)O)o1. The number of aryl methyl sites for hydroxylation is 1. The molecule has 0 bridgehead atoms. The van der Waals surface area contributed by atoms with Crippen LogP contribution in [0.4, 0.5) is 5.69 Å². The van der Waals surface area contributed by atoms with Gasteiger partial charge in [0.25, 0.3) is 5.22 Å². The van der Waals surface area contributed by atoms with E-state index < -0.39 is 22.3 Å². The van der Waals surface area contributed by atoms with Crippen molar-refractivity contribution in [2.45, 2.75) is 12.1 Å². The van der Waals surface area contributed by atoms with E-state index in [0.717, 1.165) is 17.8 Å². The number of aliphatic carboxylic acids is 1. The van der Waals surface area contributed by atoms with Crippen LogP contribution in [0.15, 0.2) is 26.7 Å². The summed E-state index contributed by atoms with van der Waals surface area (Å²) in [6, 6.07) is 2.51. The van der Waals surface area contributed by atoms with Crippen molar-refractivity contribution in [1.29, 1.82) is 0 Å². The molecule has 0 saturated carbocycles. The Hall–Kier alpha value is -2.15. The molecule has 0 amide bonds. The highest BCUT2D eigenvalue weighted by atomic mass is 127. The second kappa shape index (κ2) is 6.95. The van der Waals surface area contributed by atoms with Crippen LogP contribution in [0, 0.1) is 20.6 Å². The van der Waals surface area contributed by atoms with Crippen LogP contribution in [-0.2, 0) is 4.79 Å². The number of carboxylic acid groups (broad SMARTS) is 1. The molecule has 9 nitrogen and oxygen atoms in total. The van der Waals surface area contributed by atoms with E-state index >= 15 is 0 Å². The minimum atomic E-state index is -1.25. The number of nitro groups is 1. The highest BCUT2D eigenvalue weighted by Crippen LogP contribution is 2.34. The molecule has 0 aliphatic rings. The third kappa shape index (κ3) is 4.19. The Morgan fingerprint density at radius 3 is 2.70 bits per heavy atom. The number of carboxylic acids is 1. The van der Waals surface area contributed by atoms with Crippen LogP contribution in [-0.4, -0.2) is 31.3 Å². The first-order valence-corrected chi connectivity index (χ1v) is 7.77. The van der Waals surface area contributed by atoms with Gasteiger partial charge in [0.15, 0.2) is 0 Å². The fraction of sp³-hybridized carbons (Fsp3) is 0.0833. The minimum Gasteiger partial charge on any atom is -0.501 e. The monoisotopic (exact) mass is 449 g/mol. The molecule has 0 unspecified atom stereocenters. The van der Waals surface area contributed by atoms with Gasteiger partial charge in [0.1, 0.15) is 4.91 Å². The Balaban J connectivity index is 2.43. The van der Waals surface area contributed by atoms with Crippen LogP contribution in [0.25, 0.3) is 6.08 Å². The average Bonchev–Trinajstić information content (AvgIpc) is 2.86. The van der Waals surface area contributed by atoms with E-state index in [1.54, 1.807) is 29.5 Å². The number of thioether (sulfide) groups is 1. The molecule has 1 heterocycles. The minimum absolute atomic E-state index is 0.0409. The molecule has 0 spiro atoms. The molecule has 1 aromatic heterocycles. The first-order valence-electron chi connectivity index (χ1n) is 5.87. The average molecular weight is 449 g/mol. The molecule has 2 aromatic rings. The molecular weight excluding hydrogens is 441 g/mol. The van der Waals surface area contributed by atoms with Gasteiger partial charge in [-0.05, 0) is 52.1 Å². The summed E-state index contributed by atoms with van der Waals surface area (Å²) in [6.45, 7) is 1.56. The van der Waals surface area contributed by atoms with Crippen LogP contribution >= 0.6 is 34.4 Å². The third-order valence-electron chi connectivity index (χ3n) is 2.48. The maximum atomic E-state index is 11.3. The summed E-state index contributed by atoms with van der Waals surface area (Å²) in [6.07, 6.45) is 1.22. The van der Waals surface area contributed by atoms with Gasteiger partial charge in [0.2, 0.25) is 11.6 Å². The van der Waals surface area contributed by atoms with E-state index in [9.17, 15) is 25.1 Å². The predicted octanol–water partition coefficient (Wildman–Crippen LogP) is 2.81. The summed E-state index contributed by atoms with van der Waals surface area (Å²) in [4.78, 5) is 21.3. The summed E-state index contributed by atoms with van der Waals surface area (Å²) in [5, 5.41) is 37.1. The molecule has 0 aliphatic carbocycles. The Kier molecular flexibility index (Phi) is 5.20. The Bertz CT molecular complexity index is 819. The number of phenolic OH excluding ortho intramolecular Hbond substituents is 1. The zero-order valence-electron chi connectivity index (χ0n) is 11.4. The number of rotatable bonds is 5. The van der Waals surface area contributed by atoms with Crippen molar-refractivity contribution in [3.05, 3.63) is 42.2 Å². The quantitative estimate of drug-likeness (QED) is 0.232. The first-order chi connectivity index (χ1) is 10.8. The number of hydrogen-bond donors (Lipinski definition) is 2. The molecule has 0 fully saturated rings. The van der Waals surface area contributed by atoms with Crippen LogP contribution in [0.5, 0.6) is 5.75 Å². The van der Waals surface area contributed by atoms with Gasteiger partial charge in [-0.15, -0.1) is 10.2 Å². The van der Waals surface area contributed by atoms with Crippen LogP contribution in [0.1, 0.15) is 11.5 Å². The van der Waals surface area contributed by atoms with Gasteiger partial charge >= 0.3 is 11.7 Å². The summed E-state index contributed by atoms with van der Waals surface area (Å²) >= 11 is 2.44. The molecule has 0 radical (unpaired) electrons. The number of phenols is 1. The van der Waals surface area contributed by atoms with E-state index in [4.69, 9.17) is 4.42 Å². The number of aromatic hydroxyl groups is 1. The third-order valence-corrected chi connectivity index (χ3v) is 4.15. The standard InChI is InChI=1S/C12H8IN3O6S/c1-5-14-15-12(22-5)23-9(11(18)19)4-6-2-7(13)10(17)8(3-6)16(20)21/h2-4,17H,1H3,(H,18,19)/b9-4-. The van der Waals surface area contributed by atoms with E-state index in [-0.39, 0.29) is 25.2 Å². The molecule has 2 rings (SSSR count). The highest BCUT2D eigenvalue weighted by Gasteiger charge is 2.19. The second-order valence-corrected chi connectivity index (χ2v) is 6.29. The number of aromatic nitrogens is 2. The van der Waals surface area contributed by atoms with E-state index in [1.165, 1.54) is 12.1 Å². The summed E-state index contributed by atoms with van der Waals surface area (Å²) < 4.78 is 5.32. The van der Waals surface area contributed by atoms with E-state index in [2.05, 4.69) is 10.2 Å². The lowest BCUT2D eigenvalue weighted by Gasteiger charge is -2.03.